The van der Waals surface area contributed by atoms with Crippen molar-refractivity contribution in [1.29, 1.82) is 0 Å². The number of carbonyl (C=O) groups is 1. The molecular weight excluding hydrogens is 423 g/mol. The van der Waals surface area contributed by atoms with E-state index in [0.717, 1.165) is 12.2 Å². The van der Waals surface area contributed by atoms with Crippen LogP contribution in [0.1, 0.15) is 47.4 Å². The maximum Gasteiger partial charge on any atom is 0.418 e. The molecule has 1 heterocycles. The van der Waals surface area contributed by atoms with Gasteiger partial charge in [0.15, 0.2) is 0 Å². The lowest BCUT2D eigenvalue weighted by atomic mass is 9.82. The van der Waals surface area contributed by atoms with E-state index in [2.05, 4.69) is 11.9 Å². The summed E-state index contributed by atoms with van der Waals surface area (Å²) in [6.07, 6.45) is -3.80. The molecule has 10 heteroatoms. The lowest BCUT2D eigenvalue weighted by molar-refractivity contribution is -0.121. The highest BCUT2D eigenvalue weighted by atomic mass is 19.4. The standard InChI is InChI=1S/C21H27F5N2O3/c1-4-6-16(21(24,25)26)17-15(11-14(28(17)2)7-10-31-3)18(29)27-13-19(30)8-5-9-20(22,23)12-19/h4,6,11,30H,1,5,7-10,12-13H2,2-3H3,(H,27,29)/b16-6+. The minimum absolute atomic E-state index is 0.0633. The van der Waals surface area contributed by atoms with Crippen LogP contribution in [0.2, 0.25) is 0 Å². The van der Waals surface area contributed by atoms with E-state index in [1.54, 1.807) is 0 Å². The van der Waals surface area contributed by atoms with Gasteiger partial charge in [0.1, 0.15) is 0 Å². The first-order valence-corrected chi connectivity index (χ1v) is 9.80. The number of aliphatic hydroxyl groups is 1. The Morgan fingerprint density at radius 2 is 2.06 bits per heavy atom. The molecule has 1 fully saturated rings. The molecule has 0 aromatic carbocycles. The van der Waals surface area contributed by atoms with Gasteiger partial charge in [-0.1, -0.05) is 12.7 Å². The fraction of sp³-hybridized carbons (Fsp3) is 0.571. The number of alkyl halides is 5. The van der Waals surface area contributed by atoms with Gasteiger partial charge in [-0.05, 0) is 25.0 Å². The van der Waals surface area contributed by atoms with Crippen LogP contribution in [0.4, 0.5) is 22.0 Å². The summed E-state index contributed by atoms with van der Waals surface area (Å²) in [6, 6.07) is 1.31. The van der Waals surface area contributed by atoms with Gasteiger partial charge in [0, 0.05) is 45.7 Å². The van der Waals surface area contributed by atoms with Crippen molar-refractivity contribution in [3.05, 3.63) is 41.7 Å². The van der Waals surface area contributed by atoms with Gasteiger partial charge in [-0.3, -0.25) is 4.79 Å². The minimum atomic E-state index is -4.77. The zero-order chi connectivity index (χ0) is 23.4. The fourth-order valence-corrected chi connectivity index (χ4v) is 3.85. The van der Waals surface area contributed by atoms with Crippen LogP contribution in [0.5, 0.6) is 0 Å². The normalized spacial score (nSPS) is 21.7. The molecular formula is C21H27F5N2O3. The van der Waals surface area contributed by atoms with E-state index in [1.807, 2.05) is 0 Å². The molecule has 1 aromatic heterocycles. The number of amides is 1. The predicted octanol–water partition coefficient (Wildman–Crippen LogP) is 4.02. The van der Waals surface area contributed by atoms with Crippen LogP contribution in [0.25, 0.3) is 5.57 Å². The third kappa shape index (κ3) is 6.16. The number of nitrogens with one attached hydrogen (secondary N) is 1. The molecule has 1 aromatic rings. The van der Waals surface area contributed by atoms with Gasteiger partial charge in [0.25, 0.3) is 11.8 Å². The van der Waals surface area contributed by atoms with E-state index in [4.69, 9.17) is 4.74 Å². The minimum Gasteiger partial charge on any atom is -0.388 e. The predicted molar refractivity (Wildman–Crippen MR) is 106 cm³/mol. The quantitative estimate of drug-likeness (QED) is 0.465. The molecule has 1 saturated carbocycles. The van der Waals surface area contributed by atoms with E-state index in [1.165, 1.54) is 24.8 Å². The van der Waals surface area contributed by atoms with Crippen molar-refractivity contribution in [3.8, 4) is 0 Å². The average molecular weight is 450 g/mol. The summed E-state index contributed by atoms with van der Waals surface area (Å²) < 4.78 is 74.7. The number of ether oxygens (including phenoxy) is 1. The second-order valence-corrected chi connectivity index (χ2v) is 7.81. The second kappa shape index (κ2) is 9.52. The second-order valence-electron chi connectivity index (χ2n) is 7.81. The summed E-state index contributed by atoms with van der Waals surface area (Å²) in [7, 11) is 2.84. The first kappa shape index (κ1) is 25.1. The number of methoxy groups -OCH3 is 1. The van der Waals surface area contributed by atoms with Crippen LogP contribution in [0.15, 0.2) is 24.8 Å². The first-order valence-electron chi connectivity index (χ1n) is 9.80. The number of allylic oxidation sites excluding steroid dienone is 3. The third-order valence-corrected chi connectivity index (χ3v) is 5.33. The molecule has 0 saturated heterocycles. The van der Waals surface area contributed by atoms with Crippen LogP contribution in [-0.2, 0) is 18.2 Å². The summed E-state index contributed by atoms with van der Waals surface area (Å²) in [5, 5.41) is 12.8. The summed E-state index contributed by atoms with van der Waals surface area (Å²) in [5.74, 6) is -3.95. The Hall–Kier alpha value is -2.20. The number of hydrogen-bond donors (Lipinski definition) is 2. The highest BCUT2D eigenvalue weighted by molar-refractivity contribution is 5.99. The Balaban J connectivity index is 2.38. The average Bonchev–Trinajstić information content (AvgIpc) is 2.96. The summed E-state index contributed by atoms with van der Waals surface area (Å²) in [4.78, 5) is 12.8. The number of rotatable bonds is 8. The molecule has 0 aliphatic heterocycles. The molecule has 1 atom stereocenters. The topological polar surface area (TPSA) is 63.5 Å². The van der Waals surface area contributed by atoms with E-state index in [-0.39, 0.29) is 43.5 Å². The fourth-order valence-electron chi connectivity index (χ4n) is 3.85. The number of aromatic nitrogens is 1. The smallest absolute Gasteiger partial charge is 0.388 e. The van der Waals surface area contributed by atoms with Crippen molar-refractivity contribution in [2.75, 3.05) is 20.3 Å². The number of carbonyl (C=O) groups excluding carboxylic acids is 1. The van der Waals surface area contributed by atoms with Crippen LogP contribution >= 0.6 is 0 Å². The molecule has 1 aliphatic carbocycles. The Bertz CT molecular complexity index is 845. The molecule has 5 nitrogen and oxygen atoms in total. The van der Waals surface area contributed by atoms with E-state index >= 15 is 0 Å². The van der Waals surface area contributed by atoms with Gasteiger partial charge >= 0.3 is 6.18 Å². The van der Waals surface area contributed by atoms with E-state index in [0.29, 0.717) is 5.69 Å². The van der Waals surface area contributed by atoms with E-state index < -0.39 is 42.1 Å². The Morgan fingerprint density at radius 3 is 2.61 bits per heavy atom. The molecule has 0 spiro atoms. The maximum atomic E-state index is 13.7. The van der Waals surface area contributed by atoms with Gasteiger partial charge < -0.3 is 19.7 Å². The van der Waals surface area contributed by atoms with Crippen LogP contribution in [-0.4, -0.2) is 53.5 Å². The van der Waals surface area contributed by atoms with Crippen LogP contribution in [0.3, 0.4) is 0 Å². The Labute approximate surface area is 177 Å². The summed E-state index contributed by atoms with van der Waals surface area (Å²) >= 11 is 0. The molecule has 1 amide bonds. The van der Waals surface area contributed by atoms with Crippen molar-refractivity contribution in [2.45, 2.75) is 49.8 Å². The van der Waals surface area contributed by atoms with Gasteiger partial charge in [-0.15, -0.1) is 0 Å². The van der Waals surface area contributed by atoms with Crippen molar-refractivity contribution < 1.29 is 36.6 Å². The molecule has 174 valence electrons. The monoisotopic (exact) mass is 450 g/mol. The molecule has 0 bridgehead atoms. The Kier molecular flexibility index (Phi) is 7.70. The molecule has 0 radical (unpaired) electrons. The van der Waals surface area contributed by atoms with Crippen molar-refractivity contribution in [2.24, 2.45) is 7.05 Å². The summed E-state index contributed by atoms with van der Waals surface area (Å²) in [6.45, 7) is 3.04. The number of nitrogens with zero attached hydrogens (tertiary/aromatic N) is 1. The van der Waals surface area contributed by atoms with Crippen molar-refractivity contribution in [1.82, 2.24) is 9.88 Å². The van der Waals surface area contributed by atoms with Crippen LogP contribution in [0, 0.1) is 0 Å². The lowest BCUT2D eigenvalue weighted by Gasteiger charge is -2.36. The highest BCUT2D eigenvalue weighted by Gasteiger charge is 2.45. The van der Waals surface area contributed by atoms with Crippen molar-refractivity contribution >= 4 is 11.5 Å². The van der Waals surface area contributed by atoms with Crippen molar-refractivity contribution in [3.63, 3.8) is 0 Å². The number of halogens is 5. The molecule has 1 unspecified atom stereocenters. The first-order chi connectivity index (χ1) is 14.3. The van der Waals surface area contributed by atoms with Gasteiger partial charge in [-0.2, -0.15) is 13.2 Å². The van der Waals surface area contributed by atoms with Gasteiger partial charge in [0.2, 0.25) is 0 Å². The van der Waals surface area contributed by atoms with Gasteiger partial charge in [0.05, 0.1) is 29.0 Å². The third-order valence-electron chi connectivity index (χ3n) is 5.33. The summed E-state index contributed by atoms with van der Waals surface area (Å²) in [5.41, 5.74) is -3.12. The van der Waals surface area contributed by atoms with E-state index in [9.17, 15) is 31.9 Å². The SMILES string of the molecule is C=C/C=C(\c1c(C(=O)NCC2(O)CCCC(F)(F)C2)cc(CCOC)n1C)C(F)(F)F. The lowest BCUT2D eigenvalue weighted by Crippen LogP contribution is -2.49. The molecule has 2 rings (SSSR count). The zero-order valence-corrected chi connectivity index (χ0v) is 17.5. The van der Waals surface area contributed by atoms with Gasteiger partial charge in [-0.25, -0.2) is 8.78 Å². The highest BCUT2D eigenvalue weighted by Crippen LogP contribution is 2.39. The molecule has 1 aliphatic rings. The zero-order valence-electron chi connectivity index (χ0n) is 17.5. The largest absolute Gasteiger partial charge is 0.418 e. The molecule has 31 heavy (non-hydrogen) atoms. The Morgan fingerprint density at radius 1 is 1.39 bits per heavy atom. The molecule has 2 N–H and O–H groups in total. The van der Waals surface area contributed by atoms with Crippen LogP contribution < -0.4 is 5.32 Å². The maximum absolute atomic E-state index is 13.7. The number of hydrogen-bond acceptors (Lipinski definition) is 3.